The Morgan fingerprint density at radius 2 is 1.55 bits per heavy atom. The molecule has 142 valence electrons. The normalized spacial score (nSPS) is 16.0. The van der Waals surface area contributed by atoms with Gasteiger partial charge in [-0.15, -0.1) is 0 Å². The number of nitrogens with zero attached hydrogens (tertiary/aromatic N) is 2. The fraction of sp³-hybridized carbons (Fsp3) is 0.0833. The number of benzene rings is 3. The zero-order chi connectivity index (χ0) is 20.0. The Balaban J connectivity index is 1.69. The Kier molecular flexibility index (Phi) is 4.02. The lowest BCUT2D eigenvalue weighted by Crippen LogP contribution is -2.34. The molecule has 0 aliphatic carbocycles. The summed E-state index contributed by atoms with van der Waals surface area (Å²) < 4.78 is 13.8. The Bertz CT molecular complexity index is 1170. The van der Waals surface area contributed by atoms with Crippen molar-refractivity contribution in [1.29, 1.82) is 0 Å². The second kappa shape index (κ2) is 6.71. The lowest BCUT2D eigenvalue weighted by molar-refractivity contribution is -0.120. The number of halogens is 1. The maximum atomic E-state index is 13.8. The predicted molar refractivity (Wildman–Crippen MR) is 110 cm³/mol. The molecule has 3 aromatic rings. The molecule has 5 heteroatoms. The summed E-state index contributed by atoms with van der Waals surface area (Å²) in [5.41, 5.74) is 3.65. The molecule has 0 spiro atoms. The molecule has 29 heavy (non-hydrogen) atoms. The van der Waals surface area contributed by atoms with Crippen molar-refractivity contribution in [3.05, 3.63) is 102 Å². The van der Waals surface area contributed by atoms with Crippen molar-refractivity contribution in [3.8, 4) is 0 Å². The predicted octanol–water partition coefficient (Wildman–Crippen LogP) is 4.17. The van der Waals surface area contributed by atoms with Gasteiger partial charge >= 0.3 is 0 Å². The van der Waals surface area contributed by atoms with Crippen molar-refractivity contribution >= 4 is 28.8 Å². The molecule has 0 aromatic heterocycles. The largest absolute Gasteiger partial charge is 0.336 e. The average molecular weight is 384 g/mol. The molecular weight excluding hydrogens is 367 g/mol. The van der Waals surface area contributed by atoms with Gasteiger partial charge in [-0.1, -0.05) is 54.6 Å². The van der Waals surface area contributed by atoms with E-state index in [0.29, 0.717) is 23.4 Å². The zero-order valence-electron chi connectivity index (χ0n) is 15.5. The molecule has 0 saturated heterocycles. The van der Waals surface area contributed by atoms with Crippen LogP contribution >= 0.6 is 0 Å². The molecule has 0 saturated carbocycles. The van der Waals surface area contributed by atoms with Gasteiger partial charge in [0.25, 0.3) is 11.8 Å². The first-order chi connectivity index (χ1) is 14.1. The Labute approximate surface area is 167 Å². The third kappa shape index (κ3) is 2.74. The molecule has 2 aliphatic rings. The number of rotatable bonds is 3. The minimum absolute atomic E-state index is 0.232. The minimum atomic E-state index is -0.496. The quantitative estimate of drug-likeness (QED) is 0.637. The lowest BCUT2D eigenvalue weighted by atomic mass is 10.0. The van der Waals surface area contributed by atoms with Gasteiger partial charge in [0.15, 0.2) is 0 Å². The van der Waals surface area contributed by atoms with Crippen molar-refractivity contribution in [2.45, 2.75) is 6.42 Å². The standard InChI is InChI=1S/C24H17FN2O2/c25-18-10-6-11-19(15-18)27-23(28)21(17-8-2-1-3-9-17)22(24(27)29)26-14-13-16-7-4-5-12-20(16)26/h1-12,15H,13-14H2. The number of carbonyl (C=O) groups is 2. The van der Waals surface area contributed by atoms with Crippen LogP contribution in [0.25, 0.3) is 5.57 Å². The van der Waals surface area contributed by atoms with Gasteiger partial charge in [0.1, 0.15) is 11.5 Å². The molecule has 2 amide bonds. The second-order valence-corrected chi connectivity index (χ2v) is 7.05. The highest BCUT2D eigenvalue weighted by Gasteiger charge is 2.44. The monoisotopic (exact) mass is 384 g/mol. The second-order valence-electron chi connectivity index (χ2n) is 7.05. The maximum absolute atomic E-state index is 13.8. The van der Waals surface area contributed by atoms with E-state index in [0.717, 1.165) is 22.6 Å². The Morgan fingerprint density at radius 3 is 2.34 bits per heavy atom. The van der Waals surface area contributed by atoms with Crippen LogP contribution in [0, 0.1) is 5.82 Å². The summed E-state index contributed by atoms with van der Waals surface area (Å²) in [4.78, 5) is 29.9. The van der Waals surface area contributed by atoms with E-state index in [1.165, 1.54) is 18.2 Å². The van der Waals surface area contributed by atoms with Gasteiger partial charge in [0.2, 0.25) is 0 Å². The lowest BCUT2D eigenvalue weighted by Gasteiger charge is -2.21. The van der Waals surface area contributed by atoms with E-state index in [1.807, 2.05) is 59.5 Å². The number of hydrogen-bond donors (Lipinski definition) is 0. The van der Waals surface area contributed by atoms with Crippen LogP contribution in [-0.4, -0.2) is 18.4 Å². The van der Waals surface area contributed by atoms with Gasteiger partial charge in [-0.2, -0.15) is 0 Å². The van der Waals surface area contributed by atoms with E-state index < -0.39 is 17.6 Å². The Morgan fingerprint density at radius 1 is 0.793 bits per heavy atom. The van der Waals surface area contributed by atoms with Gasteiger partial charge in [0, 0.05) is 12.2 Å². The highest BCUT2D eigenvalue weighted by atomic mass is 19.1. The van der Waals surface area contributed by atoms with Crippen LogP contribution < -0.4 is 9.80 Å². The molecule has 0 N–H and O–H groups in total. The maximum Gasteiger partial charge on any atom is 0.282 e. The van der Waals surface area contributed by atoms with E-state index in [-0.39, 0.29) is 5.69 Å². The number of para-hydroxylation sites is 1. The van der Waals surface area contributed by atoms with Crippen molar-refractivity contribution in [3.63, 3.8) is 0 Å². The molecule has 4 nitrogen and oxygen atoms in total. The molecule has 0 fully saturated rings. The molecule has 2 aliphatic heterocycles. The molecule has 0 bridgehead atoms. The number of fused-ring (bicyclic) bond motifs is 1. The number of hydrogen-bond acceptors (Lipinski definition) is 3. The van der Waals surface area contributed by atoms with Crippen molar-refractivity contribution < 1.29 is 14.0 Å². The van der Waals surface area contributed by atoms with Gasteiger partial charge in [-0.05, 0) is 41.8 Å². The first kappa shape index (κ1) is 17.4. The summed E-state index contributed by atoms with van der Waals surface area (Å²) in [6.45, 7) is 0.612. The number of imide groups is 1. The summed E-state index contributed by atoms with van der Waals surface area (Å²) in [5.74, 6) is -1.37. The van der Waals surface area contributed by atoms with Gasteiger partial charge < -0.3 is 4.90 Å². The first-order valence-electron chi connectivity index (χ1n) is 9.44. The van der Waals surface area contributed by atoms with Crippen LogP contribution in [-0.2, 0) is 16.0 Å². The molecule has 0 atom stereocenters. The van der Waals surface area contributed by atoms with E-state index in [4.69, 9.17) is 0 Å². The molecule has 2 heterocycles. The van der Waals surface area contributed by atoms with E-state index in [1.54, 1.807) is 6.07 Å². The van der Waals surface area contributed by atoms with Crippen LogP contribution in [0.4, 0.5) is 15.8 Å². The molecule has 3 aromatic carbocycles. The van der Waals surface area contributed by atoms with Crippen molar-refractivity contribution in [2.24, 2.45) is 0 Å². The molecular formula is C24H17FN2O2. The summed E-state index contributed by atoms with van der Waals surface area (Å²) >= 11 is 0. The van der Waals surface area contributed by atoms with Gasteiger partial charge in [-0.3, -0.25) is 9.59 Å². The zero-order valence-corrected chi connectivity index (χ0v) is 15.5. The fourth-order valence-electron chi connectivity index (χ4n) is 4.05. The summed E-state index contributed by atoms with van der Waals surface area (Å²) in [5, 5.41) is 0. The molecule has 5 rings (SSSR count). The SMILES string of the molecule is O=C1C(c2ccccc2)=C(N2CCc3ccccc32)C(=O)N1c1cccc(F)c1. The smallest absolute Gasteiger partial charge is 0.282 e. The summed E-state index contributed by atoms with van der Waals surface area (Å²) in [7, 11) is 0. The van der Waals surface area contributed by atoms with Crippen LogP contribution in [0.1, 0.15) is 11.1 Å². The highest BCUT2D eigenvalue weighted by Crippen LogP contribution is 2.39. The molecule has 0 radical (unpaired) electrons. The van der Waals surface area contributed by atoms with Gasteiger partial charge in [0.05, 0.1) is 11.3 Å². The van der Waals surface area contributed by atoms with E-state index in [9.17, 15) is 14.0 Å². The highest BCUT2D eigenvalue weighted by molar-refractivity contribution is 6.46. The first-order valence-corrected chi connectivity index (χ1v) is 9.44. The van der Waals surface area contributed by atoms with Crippen LogP contribution in [0.3, 0.4) is 0 Å². The third-order valence-corrected chi connectivity index (χ3v) is 5.35. The number of anilines is 2. The average Bonchev–Trinajstić information content (AvgIpc) is 3.26. The van der Waals surface area contributed by atoms with Crippen molar-refractivity contribution in [1.82, 2.24) is 0 Å². The van der Waals surface area contributed by atoms with Gasteiger partial charge in [-0.25, -0.2) is 9.29 Å². The number of carbonyl (C=O) groups excluding carboxylic acids is 2. The number of amides is 2. The fourth-order valence-corrected chi connectivity index (χ4v) is 4.05. The van der Waals surface area contributed by atoms with Crippen LogP contribution in [0.2, 0.25) is 0 Å². The van der Waals surface area contributed by atoms with E-state index in [2.05, 4.69) is 0 Å². The van der Waals surface area contributed by atoms with E-state index >= 15 is 0 Å². The molecule has 0 unspecified atom stereocenters. The topological polar surface area (TPSA) is 40.6 Å². The summed E-state index contributed by atoms with van der Waals surface area (Å²) in [6.07, 6.45) is 0.795. The van der Waals surface area contributed by atoms with Crippen LogP contribution in [0.15, 0.2) is 84.6 Å². The third-order valence-electron chi connectivity index (χ3n) is 5.35. The van der Waals surface area contributed by atoms with Crippen LogP contribution in [0.5, 0.6) is 0 Å². The Hall–Kier alpha value is -3.73. The summed E-state index contributed by atoms with van der Waals surface area (Å²) in [6, 6.07) is 22.6. The minimum Gasteiger partial charge on any atom is -0.336 e. The van der Waals surface area contributed by atoms with Crippen molar-refractivity contribution in [2.75, 3.05) is 16.3 Å².